The van der Waals surface area contributed by atoms with E-state index in [4.69, 9.17) is 0 Å². The standard InChI is InChI=1S/C11H12IN5O/c1-2-6-17-15-11(14-16-17)13-10(18)8-4-3-5-9(12)7-8/h3-5,7H,2,6H2,1H3,(H,13,15,18). The fourth-order valence-electron chi connectivity index (χ4n) is 1.39. The van der Waals surface area contributed by atoms with Gasteiger partial charge in [0.25, 0.3) is 11.9 Å². The Morgan fingerprint density at radius 3 is 3.06 bits per heavy atom. The Morgan fingerprint density at radius 2 is 2.33 bits per heavy atom. The van der Waals surface area contributed by atoms with E-state index in [0.717, 1.165) is 9.99 Å². The molecule has 0 aliphatic carbocycles. The Morgan fingerprint density at radius 1 is 1.50 bits per heavy atom. The normalized spacial score (nSPS) is 10.3. The van der Waals surface area contributed by atoms with Gasteiger partial charge >= 0.3 is 0 Å². The number of tetrazole rings is 1. The van der Waals surface area contributed by atoms with Gasteiger partial charge in [0, 0.05) is 9.13 Å². The number of aromatic nitrogens is 4. The summed E-state index contributed by atoms with van der Waals surface area (Å²) in [6.45, 7) is 2.71. The van der Waals surface area contributed by atoms with E-state index in [1.54, 1.807) is 12.1 Å². The van der Waals surface area contributed by atoms with Gasteiger partial charge in [-0.25, -0.2) is 0 Å². The summed E-state index contributed by atoms with van der Waals surface area (Å²) in [5, 5.41) is 14.3. The van der Waals surface area contributed by atoms with E-state index in [1.807, 2.05) is 19.1 Å². The van der Waals surface area contributed by atoms with Crippen LogP contribution >= 0.6 is 22.6 Å². The predicted molar refractivity (Wildman–Crippen MR) is 75.2 cm³/mol. The summed E-state index contributed by atoms with van der Waals surface area (Å²) >= 11 is 2.16. The highest BCUT2D eigenvalue weighted by molar-refractivity contribution is 14.1. The van der Waals surface area contributed by atoms with Crippen LogP contribution in [0.1, 0.15) is 23.7 Å². The second-order valence-electron chi connectivity index (χ2n) is 3.67. The summed E-state index contributed by atoms with van der Waals surface area (Å²) < 4.78 is 1.00. The molecule has 1 N–H and O–H groups in total. The van der Waals surface area contributed by atoms with Crippen molar-refractivity contribution in [2.45, 2.75) is 19.9 Å². The van der Waals surface area contributed by atoms with Crippen LogP contribution in [0.15, 0.2) is 24.3 Å². The lowest BCUT2D eigenvalue weighted by Gasteiger charge is -2.00. The summed E-state index contributed by atoms with van der Waals surface area (Å²) in [4.78, 5) is 13.4. The maximum Gasteiger partial charge on any atom is 0.270 e. The molecule has 0 aliphatic rings. The third kappa shape index (κ3) is 3.25. The van der Waals surface area contributed by atoms with E-state index >= 15 is 0 Å². The first-order chi connectivity index (χ1) is 8.69. The van der Waals surface area contributed by atoms with Crippen molar-refractivity contribution in [2.75, 3.05) is 5.32 Å². The number of aryl methyl sites for hydroxylation is 1. The van der Waals surface area contributed by atoms with Crippen molar-refractivity contribution in [3.63, 3.8) is 0 Å². The minimum absolute atomic E-state index is 0.229. The summed E-state index contributed by atoms with van der Waals surface area (Å²) in [7, 11) is 0. The van der Waals surface area contributed by atoms with Crippen LogP contribution < -0.4 is 5.32 Å². The lowest BCUT2D eigenvalue weighted by atomic mass is 10.2. The Kier molecular flexibility index (Phi) is 4.24. The molecule has 2 aromatic rings. The van der Waals surface area contributed by atoms with Crippen LogP contribution in [0.25, 0.3) is 0 Å². The zero-order chi connectivity index (χ0) is 13.0. The molecule has 1 amide bonds. The lowest BCUT2D eigenvalue weighted by Crippen LogP contribution is -2.13. The van der Waals surface area contributed by atoms with Crippen LogP contribution in [0.2, 0.25) is 0 Å². The zero-order valence-corrected chi connectivity index (χ0v) is 12.0. The molecular weight excluding hydrogens is 345 g/mol. The molecule has 0 spiro atoms. The van der Waals surface area contributed by atoms with Crippen LogP contribution in [-0.2, 0) is 6.54 Å². The van der Waals surface area contributed by atoms with Gasteiger partial charge in [-0.15, -0.1) is 5.10 Å². The van der Waals surface area contributed by atoms with Gasteiger partial charge in [-0.2, -0.15) is 4.80 Å². The molecule has 94 valence electrons. The Bertz CT molecular complexity index is 554. The fourth-order valence-corrected chi connectivity index (χ4v) is 1.93. The lowest BCUT2D eigenvalue weighted by molar-refractivity contribution is 0.102. The largest absolute Gasteiger partial charge is 0.288 e. The smallest absolute Gasteiger partial charge is 0.270 e. The third-order valence-electron chi connectivity index (χ3n) is 2.19. The number of carbonyl (C=O) groups excluding carboxylic acids is 1. The molecule has 1 aromatic heterocycles. The van der Waals surface area contributed by atoms with Crippen molar-refractivity contribution < 1.29 is 4.79 Å². The first kappa shape index (κ1) is 12.9. The predicted octanol–water partition coefficient (Wildman–Crippen LogP) is 1.94. The number of benzene rings is 1. The molecule has 2 rings (SSSR count). The molecule has 0 radical (unpaired) electrons. The molecule has 0 unspecified atom stereocenters. The maximum absolute atomic E-state index is 11.9. The summed E-state index contributed by atoms with van der Waals surface area (Å²) in [6.07, 6.45) is 0.917. The molecule has 0 saturated heterocycles. The van der Waals surface area contributed by atoms with Gasteiger partial charge in [-0.05, 0) is 52.4 Å². The summed E-state index contributed by atoms with van der Waals surface area (Å²) in [5.74, 6) is -0.00289. The first-order valence-corrected chi connectivity index (χ1v) is 6.61. The fraction of sp³-hybridized carbons (Fsp3) is 0.273. The Labute approximate surface area is 118 Å². The van der Waals surface area contributed by atoms with E-state index < -0.39 is 0 Å². The van der Waals surface area contributed by atoms with E-state index in [9.17, 15) is 4.79 Å². The quantitative estimate of drug-likeness (QED) is 0.849. The Balaban J connectivity index is 2.06. The number of hydrogen-bond acceptors (Lipinski definition) is 4. The second kappa shape index (κ2) is 5.89. The van der Waals surface area contributed by atoms with Gasteiger partial charge in [-0.3, -0.25) is 10.1 Å². The molecule has 1 aromatic carbocycles. The third-order valence-corrected chi connectivity index (χ3v) is 2.86. The number of nitrogens with zero attached hydrogens (tertiary/aromatic N) is 4. The van der Waals surface area contributed by atoms with Gasteiger partial charge in [-0.1, -0.05) is 18.1 Å². The monoisotopic (exact) mass is 357 g/mol. The highest BCUT2D eigenvalue weighted by Crippen LogP contribution is 2.09. The second-order valence-corrected chi connectivity index (χ2v) is 4.92. The summed E-state index contributed by atoms with van der Waals surface area (Å²) in [6, 6.07) is 7.30. The van der Waals surface area contributed by atoms with E-state index in [0.29, 0.717) is 12.1 Å². The minimum Gasteiger partial charge on any atom is -0.288 e. The van der Waals surface area contributed by atoms with Crippen LogP contribution in [0.4, 0.5) is 5.95 Å². The molecule has 18 heavy (non-hydrogen) atoms. The number of hydrogen-bond donors (Lipinski definition) is 1. The van der Waals surface area contributed by atoms with Crippen molar-refractivity contribution in [3.05, 3.63) is 33.4 Å². The van der Waals surface area contributed by atoms with Gasteiger partial charge in [0.05, 0.1) is 6.54 Å². The number of nitrogens with one attached hydrogen (secondary N) is 1. The Hall–Kier alpha value is -1.51. The molecule has 0 fully saturated rings. The average Bonchev–Trinajstić information content (AvgIpc) is 2.77. The maximum atomic E-state index is 11.9. The molecule has 7 heteroatoms. The molecule has 0 atom stereocenters. The molecule has 0 bridgehead atoms. The highest BCUT2D eigenvalue weighted by atomic mass is 127. The van der Waals surface area contributed by atoms with E-state index in [-0.39, 0.29) is 11.9 Å². The van der Waals surface area contributed by atoms with Crippen molar-refractivity contribution in [1.29, 1.82) is 0 Å². The van der Waals surface area contributed by atoms with Crippen molar-refractivity contribution in [3.8, 4) is 0 Å². The van der Waals surface area contributed by atoms with Crippen molar-refractivity contribution in [1.82, 2.24) is 20.2 Å². The SMILES string of the molecule is CCCn1nnc(NC(=O)c2cccc(I)c2)n1. The number of anilines is 1. The first-order valence-electron chi connectivity index (χ1n) is 5.54. The van der Waals surface area contributed by atoms with Gasteiger partial charge in [0.15, 0.2) is 0 Å². The van der Waals surface area contributed by atoms with Crippen molar-refractivity contribution >= 4 is 34.4 Å². The highest BCUT2D eigenvalue weighted by Gasteiger charge is 2.09. The molecule has 0 saturated carbocycles. The van der Waals surface area contributed by atoms with Gasteiger partial charge in [0.1, 0.15) is 0 Å². The van der Waals surface area contributed by atoms with Crippen LogP contribution in [0.3, 0.4) is 0 Å². The van der Waals surface area contributed by atoms with Crippen LogP contribution in [-0.4, -0.2) is 26.1 Å². The van der Waals surface area contributed by atoms with E-state index in [1.165, 1.54) is 4.80 Å². The number of rotatable bonds is 4. The number of amides is 1. The number of carbonyl (C=O) groups is 1. The van der Waals surface area contributed by atoms with Crippen LogP contribution in [0.5, 0.6) is 0 Å². The van der Waals surface area contributed by atoms with Crippen LogP contribution in [0, 0.1) is 3.57 Å². The molecule has 1 heterocycles. The van der Waals surface area contributed by atoms with Gasteiger partial charge < -0.3 is 0 Å². The van der Waals surface area contributed by atoms with Crippen molar-refractivity contribution in [2.24, 2.45) is 0 Å². The number of halogens is 1. The minimum atomic E-state index is -0.232. The zero-order valence-electron chi connectivity index (χ0n) is 9.80. The summed E-state index contributed by atoms with van der Waals surface area (Å²) in [5.41, 5.74) is 0.578. The molecule has 6 nitrogen and oxygen atoms in total. The molecule has 0 aliphatic heterocycles. The van der Waals surface area contributed by atoms with E-state index in [2.05, 4.69) is 43.3 Å². The molecular formula is C11H12IN5O. The van der Waals surface area contributed by atoms with Gasteiger partial charge in [0.2, 0.25) is 0 Å². The average molecular weight is 357 g/mol. The topological polar surface area (TPSA) is 72.7 Å².